The molecule has 0 bridgehead atoms. The van der Waals surface area contributed by atoms with Crippen molar-refractivity contribution >= 4 is 0 Å². The van der Waals surface area contributed by atoms with Crippen molar-refractivity contribution in [1.29, 1.82) is 0 Å². The third-order valence-corrected chi connectivity index (χ3v) is 3.51. The minimum absolute atomic E-state index is 0.0692. The molecule has 0 atom stereocenters. The molecule has 2 aromatic carbocycles. The molecule has 0 aliphatic heterocycles. The Labute approximate surface area is 118 Å². The fraction of sp³-hybridized carbons (Fsp3) is 0.368. The first-order valence-corrected chi connectivity index (χ1v) is 7.14. The largest absolute Gasteiger partial charge is 0.0683 e. The molecule has 0 N–H and O–H groups in total. The predicted molar refractivity (Wildman–Crippen MR) is 85.8 cm³/mol. The van der Waals surface area contributed by atoms with Gasteiger partial charge in [0.15, 0.2) is 0 Å². The maximum atomic E-state index is 2.28. The average Bonchev–Trinajstić information content (AvgIpc) is 2.41. The molecule has 102 valence electrons. The molecule has 0 fully saturated rings. The Balaban J connectivity index is 0.000000861. The van der Waals surface area contributed by atoms with E-state index in [1.54, 1.807) is 0 Å². The van der Waals surface area contributed by atoms with Crippen LogP contribution in [0.4, 0.5) is 0 Å². The highest BCUT2D eigenvalue weighted by molar-refractivity contribution is 5.39. The van der Waals surface area contributed by atoms with E-state index >= 15 is 0 Å². The molecular weight excluding hydrogens is 228 g/mol. The summed E-state index contributed by atoms with van der Waals surface area (Å²) in [5, 5.41) is 0. The Hall–Kier alpha value is -1.56. The Morgan fingerprint density at radius 1 is 0.684 bits per heavy atom. The van der Waals surface area contributed by atoms with Crippen LogP contribution in [-0.4, -0.2) is 0 Å². The van der Waals surface area contributed by atoms with Crippen LogP contribution in [0, 0.1) is 13.8 Å². The Morgan fingerprint density at radius 2 is 1.26 bits per heavy atom. The van der Waals surface area contributed by atoms with Gasteiger partial charge in [-0.2, -0.15) is 0 Å². The molecular formula is C19H26. The minimum atomic E-state index is 0.0692. The molecule has 0 nitrogen and oxygen atoms in total. The van der Waals surface area contributed by atoms with E-state index in [0.29, 0.717) is 0 Å². The van der Waals surface area contributed by atoms with Crippen LogP contribution >= 0.6 is 0 Å². The highest BCUT2D eigenvalue weighted by atomic mass is 14.3. The first-order chi connectivity index (χ1) is 9.00. The zero-order chi connectivity index (χ0) is 14.5. The van der Waals surface area contributed by atoms with Gasteiger partial charge in [-0.3, -0.25) is 0 Å². The SMILES string of the molecule is CC.Cc1ccc(C(C)(C)c2cccc(C)c2)cc1. The highest BCUT2D eigenvalue weighted by Crippen LogP contribution is 2.31. The summed E-state index contributed by atoms with van der Waals surface area (Å²) in [7, 11) is 0. The number of rotatable bonds is 2. The van der Waals surface area contributed by atoms with Crippen LogP contribution in [0.2, 0.25) is 0 Å². The van der Waals surface area contributed by atoms with Gasteiger partial charge in [0, 0.05) is 5.41 Å². The van der Waals surface area contributed by atoms with Crippen molar-refractivity contribution in [2.45, 2.75) is 47.0 Å². The third kappa shape index (κ3) is 3.70. The summed E-state index contributed by atoms with van der Waals surface area (Å²) in [6.45, 7) is 12.8. The predicted octanol–water partition coefficient (Wildman–Crippen LogP) is 5.66. The molecule has 2 aromatic rings. The number of benzene rings is 2. The van der Waals surface area contributed by atoms with Crippen LogP contribution < -0.4 is 0 Å². The molecule has 0 saturated heterocycles. The molecule has 2 rings (SSSR count). The van der Waals surface area contributed by atoms with Crippen molar-refractivity contribution in [2.75, 3.05) is 0 Å². The van der Waals surface area contributed by atoms with E-state index in [1.807, 2.05) is 13.8 Å². The Kier molecular flexibility index (Phi) is 5.35. The molecule has 0 amide bonds. The zero-order valence-corrected chi connectivity index (χ0v) is 13.1. The van der Waals surface area contributed by atoms with Crippen LogP contribution in [0.25, 0.3) is 0 Å². The monoisotopic (exact) mass is 254 g/mol. The van der Waals surface area contributed by atoms with Gasteiger partial charge in [-0.15, -0.1) is 0 Å². The van der Waals surface area contributed by atoms with Gasteiger partial charge in [-0.1, -0.05) is 87.4 Å². The molecule has 0 unspecified atom stereocenters. The van der Waals surface area contributed by atoms with Crippen molar-refractivity contribution < 1.29 is 0 Å². The molecule has 0 heteroatoms. The van der Waals surface area contributed by atoms with Gasteiger partial charge in [0.05, 0.1) is 0 Å². The lowest BCUT2D eigenvalue weighted by Crippen LogP contribution is -2.18. The highest BCUT2D eigenvalue weighted by Gasteiger charge is 2.22. The van der Waals surface area contributed by atoms with Crippen molar-refractivity contribution in [3.8, 4) is 0 Å². The Morgan fingerprint density at radius 3 is 1.79 bits per heavy atom. The van der Waals surface area contributed by atoms with Crippen molar-refractivity contribution in [1.82, 2.24) is 0 Å². The second-order valence-corrected chi connectivity index (χ2v) is 5.36. The molecule has 0 aliphatic rings. The van der Waals surface area contributed by atoms with Gasteiger partial charge in [-0.25, -0.2) is 0 Å². The number of hydrogen-bond donors (Lipinski definition) is 0. The van der Waals surface area contributed by atoms with Crippen LogP contribution in [0.5, 0.6) is 0 Å². The summed E-state index contributed by atoms with van der Waals surface area (Å²) in [5.74, 6) is 0. The fourth-order valence-electron chi connectivity index (χ4n) is 2.17. The summed E-state index contributed by atoms with van der Waals surface area (Å²) < 4.78 is 0. The smallest absolute Gasteiger partial charge is 0.0146 e. The molecule has 0 spiro atoms. The molecule has 0 aromatic heterocycles. The van der Waals surface area contributed by atoms with E-state index in [-0.39, 0.29) is 5.41 Å². The van der Waals surface area contributed by atoms with E-state index in [9.17, 15) is 0 Å². The summed E-state index contributed by atoms with van der Waals surface area (Å²) >= 11 is 0. The third-order valence-electron chi connectivity index (χ3n) is 3.51. The van der Waals surface area contributed by atoms with Gasteiger partial charge in [0.2, 0.25) is 0 Å². The van der Waals surface area contributed by atoms with Crippen LogP contribution in [0.3, 0.4) is 0 Å². The summed E-state index contributed by atoms with van der Waals surface area (Å²) in [4.78, 5) is 0. The second kappa shape index (κ2) is 6.56. The quantitative estimate of drug-likeness (QED) is 0.649. The van der Waals surface area contributed by atoms with Gasteiger partial charge in [-0.05, 0) is 25.0 Å². The lowest BCUT2D eigenvalue weighted by atomic mass is 9.77. The first kappa shape index (κ1) is 15.5. The standard InChI is InChI=1S/C17H20.C2H6/c1-13-8-10-15(11-9-13)17(3,4)16-7-5-6-14(2)12-16;1-2/h5-12H,1-4H3;1-2H3. The molecule has 0 aliphatic carbocycles. The zero-order valence-electron chi connectivity index (χ0n) is 13.1. The van der Waals surface area contributed by atoms with Crippen molar-refractivity contribution in [2.24, 2.45) is 0 Å². The second-order valence-electron chi connectivity index (χ2n) is 5.36. The summed E-state index contributed by atoms with van der Waals surface area (Å²) in [6, 6.07) is 17.6. The molecule has 0 heterocycles. The molecule has 19 heavy (non-hydrogen) atoms. The van der Waals surface area contributed by atoms with E-state index in [4.69, 9.17) is 0 Å². The van der Waals surface area contributed by atoms with Gasteiger partial charge < -0.3 is 0 Å². The number of hydrogen-bond acceptors (Lipinski definition) is 0. The topological polar surface area (TPSA) is 0 Å². The first-order valence-electron chi connectivity index (χ1n) is 7.14. The van der Waals surface area contributed by atoms with E-state index in [0.717, 1.165) is 0 Å². The van der Waals surface area contributed by atoms with Crippen molar-refractivity contribution in [3.05, 3.63) is 70.8 Å². The van der Waals surface area contributed by atoms with E-state index in [1.165, 1.54) is 22.3 Å². The van der Waals surface area contributed by atoms with Crippen molar-refractivity contribution in [3.63, 3.8) is 0 Å². The van der Waals surface area contributed by atoms with Gasteiger partial charge in [0.1, 0.15) is 0 Å². The van der Waals surface area contributed by atoms with Crippen LogP contribution in [-0.2, 0) is 5.41 Å². The Bertz CT molecular complexity index is 504. The minimum Gasteiger partial charge on any atom is -0.0683 e. The van der Waals surface area contributed by atoms with Gasteiger partial charge >= 0.3 is 0 Å². The molecule has 0 saturated carbocycles. The maximum absolute atomic E-state index is 2.28. The lowest BCUT2D eigenvalue weighted by Gasteiger charge is -2.26. The number of aryl methyl sites for hydroxylation is 2. The maximum Gasteiger partial charge on any atom is 0.0146 e. The van der Waals surface area contributed by atoms with E-state index in [2.05, 4.69) is 76.2 Å². The average molecular weight is 254 g/mol. The normalized spacial score (nSPS) is 10.6. The summed E-state index contributed by atoms with van der Waals surface area (Å²) in [5.41, 5.74) is 5.45. The fourth-order valence-corrected chi connectivity index (χ4v) is 2.17. The summed E-state index contributed by atoms with van der Waals surface area (Å²) in [6.07, 6.45) is 0. The van der Waals surface area contributed by atoms with E-state index < -0.39 is 0 Å². The van der Waals surface area contributed by atoms with Crippen LogP contribution in [0.15, 0.2) is 48.5 Å². The lowest BCUT2D eigenvalue weighted by molar-refractivity contribution is 0.640. The van der Waals surface area contributed by atoms with Crippen LogP contribution in [0.1, 0.15) is 49.9 Å². The van der Waals surface area contributed by atoms with Gasteiger partial charge in [0.25, 0.3) is 0 Å². The molecule has 0 radical (unpaired) electrons.